The first-order chi connectivity index (χ1) is 18.1. The number of rotatable bonds is 5. The lowest BCUT2D eigenvalue weighted by Crippen LogP contribution is -2.57. The number of H-pyrrole nitrogens is 1. The molecule has 1 unspecified atom stereocenters. The molecule has 0 bridgehead atoms. The molecule has 1 aromatic carbocycles. The molecule has 0 saturated carbocycles. The number of terminal acetylenes is 1. The molecule has 2 amide bonds. The molecule has 1 fully saturated rings. The van der Waals surface area contributed by atoms with Crippen molar-refractivity contribution >= 4 is 44.1 Å². The number of nitrogens with one attached hydrogen (secondary N) is 1. The average molecular weight is 556 g/mol. The van der Waals surface area contributed by atoms with Gasteiger partial charge in [0.2, 0.25) is 5.91 Å². The maximum Gasteiger partial charge on any atom is 0.283 e. The predicted octanol–water partition coefficient (Wildman–Crippen LogP) is 0.831. The normalized spacial score (nSPS) is 18.8. The van der Waals surface area contributed by atoms with Gasteiger partial charge in [-0.1, -0.05) is 5.92 Å². The Balaban J connectivity index is 1.41. The molecule has 3 N–H and O–H groups in total. The van der Waals surface area contributed by atoms with Crippen molar-refractivity contribution in [2.24, 2.45) is 5.84 Å². The van der Waals surface area contributed by atoms with Gasteiger partial charge in [0.15, 0.2) is 5.01 Å². The van der Waals surface area contributed by atoms with E-state index in [1.54, 1.807) is 48.3 Å². The number of hydrazine groups is 1. The van der Waals surface area contributed by atoms with Crippen molar-refractivity contribution in [1.82, 2.24) is 29.1 Å². The van der Waals surface area contributed by atoms with Crippen LogP contribution in [0.15, 0.2) is 29.3 Å². The number of nitrogens with two attached hydrogens (primary N) is 1. The molecule has 3 aromatic rings. The fraction of sp³-hybridized carbons (Fsp3) is 0.400. The van der Waals surface area contributed by atoms with Crippen molar-refractivity contribution in [3.05, 3.63) is 45.4 Å². The average Bonchev–Trinajstić information content (AvgIpc) is 3.52. The number of carbonyl (C=O) groups is 2. The van der Waals surface area contributed by atoms with Crippen LogP contribution in [0.25, 0.3) is 10.9 Å². The number of sulfonamides is 1. The molecule has 2 aromatic heterocycles. The van der Waals surface area contributed by atoms with E-state index in [9.17, 15) is 18.0 Å². The molecule has 0 aliphatic carbocycles. The molecule has 200 valence electrons. The van der Waals surface area contributed by atoms with Gasteiger partial charge in [-0.25, -0.2) is 18.4 Å². The van der Waals surface area contributed by atoms with Gasteiger partial charge in [-0.3, -0.25) is 15.4 Å². The highest BCUT2D eigenvalue weighted by Crippen LogP contribution is 2.29. The van der Waals surface area contributed by atoms with E-state index in [-0.39, 0.29) is 42.9 Å². The zero-order valence-corrected chi connectivity index (χ0v) is 22.8. The van der Waals surface area contributed by atoms with Crippen LogP contribution in [0.5, 0.6) is 0 Å². The van der Waals surface area contributed by atoms with Gasteiger partial charge in [0, 0.05) is 81.0 Å². The van der Waals surface area contributed by atoms with E-state index in [0.29, 0.717) is 41.0 Å². The topological polar surface area (TPSA) is 136 Å². The molecular weight excluding hydrogens is 526 g/mol. The second kappa shape index (κ2) is 10.1. The molecule has 1 atom stereocenters. The van der Waals surface area contributed by atoms with Crippen LogP contribution in [0, 0.1) is 12.3 Å². The zero-order chi connectivity index (χ0) is 27.2. The Bertz CT molecular complexity index is 1550. The number of amides is 2. The largest absolute Gasteiger partial charge is 0.349 e. The van der Waals surface area contributed by atoms with Gasteiger partial charge in [0.25, 0.3) is 15.9 Å². The summed E-state index contributed by atoms with van der Waals surface area (Å²) in [4.78, 5) is 37.8. The van der Waals surface area contributed by atoms with Gasteiger partial charge in [0.05, 0.1) is 11.7 Å². The smallest absolute Gasteiger partial charge is 0.283 e. The number of aromatic amines is 1. The predicted molar refractivity (Wildman–Crippen MR) is 144 cm³/mol. The van der Waals surface area contributed by atoms with Crippen molar-refractivity contribution in [1.29, 1.82) is 0 Å². The van der Waals surface area contributed by atoms with Gasteiger partial charge in [-0.15, -0.1) is 17.8 Å². The first kappa shape index (κ1) is 26.3. The highest BCUT2D eigenvalue weighted by molar-refractivity contribution is 7.89. The number of hydrogen-bond acceptors (Lipinski definition) is 8. The summed E-state index contributed by atoms with van der Waals surface area (Å²) in [5.74, 6) is 7.98. The first-order valence-electron chi connectivity index (χ1n) is 12.2. The fourth-order valence-corrected chi connectivity index (χ4v) is 7.35. The molecule has 13 heteroatoms. The summed E-state index contributed by atoms with van der Waals surface area (Å²) >= 11 is 1.31. The quantitative estimate of drug-likeness (QED) is 0.352. The number of thiazole rings is 1. The van der Waals surface area contributed by atoms with Crippen molar-refractivity contribution in [3.8, 4) is 12.3 Å². The molecule has 2 aliphatic rings. The van der Waals surface area contributed by atoms with Crippen molar-refractivity contribution in [3.63, 3.8) is 0 Å². The minimum atomic E-state index is -3.92. The monoisotopic (exact) mass is 555 g/mol. The molecule has 11 nitrogen and oxygen atoms in total. The Morgan fingerprint density at radius 1 is 1.26 bits per heavy atom. The lowest BCUT2D eigenvalue weighted by atomic mass is 10.1. The summed E-state index contributed by atoms with van der Waals surface area (Å²) in [7, 11) is -0.657. The van der Waals surface area contributed by atoms with E-state index in [1.165, 1.54) is 20.5 Å². The van der Waals surface area contributed by atoms with Crippen LogP contribution in [0.4, 0.5) is 0 Å². The second-order valence-corrected chi connectivity index (χ2v) is 12.7. The van der Waals surface area contributed by atoms with Crippen LogP contribution in [-0.4, -0.2) is 95.6 Å². The van der Waals surface area contributed by atoms with Gasteiger partial charge < -0.3 is 14.8 Å². The van der Waals surface area contributed by atoms with Crippen LogP contribution in [0.2, 0.25) is 0 Å². The number of fused-ring (bicyclic) bond motifs is 2. The molecule has 38 heavy (non-hydrogen) atoms. The first-order valence-corrected chi connectivity index (χ1v) is 14.4. The molecule has 4 heterocycles. The molecule has 2 aliphatic heterocycles. The van der Waals surface area contributed by atoms with Crippen LogP contribution in [0.1, 0.15) is 32.4 Å². The number of nitrogens with zero attached hydrogens (tertiary/aromatic N) is 5. The van der Waals surface area contributed by atoms with E-state index < -0.39 is 16.1 Å². The van der Waals surface area contributed by atoms with Crippen LogP contribution < -0.4 is 5.84 Å². The standard InChI is InChI=1S/C25H29N7O4S2/c1-4-16-5-6-19-17(11-16)12-22(27-19)38(35,36)31-9-10-32(18(14-31)13-23(33)29(2)3)25(34)24-28-20-7-8-30(26)15-21(20)37-24/h1,5-6,11-12,18,27H,7-10,13-15,26H2,2-3H3. The van der Waals surface area contributed by atoms with Gasteiger partial charge in [-0.2, -0.15) is 4.31 Å². The van der Waals surface area contributed by atoms with Gasteiger partial charge >= 0.3 is 0 Å². The zero-order valence-electron chi connectivity index (χ0n) is 21.2. The van der Waals surface area contributed by atoms with Crippen LogP contribution in [-0.2, 0) is 27.8 Å². The minimum Gasteiger partial charge on any atom is -0.349 e. The highest BCUT2D eigenvalue weighted by Gasteiger charge is 2.39. The Morgan fingerprint density at radius 3 is 2.79 bits per heavy atom. The number of benzene rings is 1. The summed E-state index contributed by atoms with van der Waals surface area (Å²) in [6, 6.07) is 6.15. The molecule has 5 rings (SSSR count). The number of hydrogen-bond donors (Lipinski definition) is 2. The SMILES string of the molecule is C#Cc1ccc2[nH]c(S(=O)(=O)N3CCN(C(=O)c4nc5c(s4)CN(N)CC5)C(CC(=O)N(C)C)C3)cc2c1. The maximum absolute atomic E-state index is 13.6. The third-order valence-electron chi connectivity index (χ3n) is 6.94. The van der Waals surface area contributed by atoms with Gasteiger partial charge in [-0.05, 0) is 24.3 Å². The minimum absolute atomic E-state index is 0.00927. The Hall–Kier alpha value is -3.28. The Morgan fingerprint density at radius 2 is 2.05 bits per heavy atom. The molecular formula is C25H29N7O4S2. The lowest BCUT2D eigenvalue weighted by molar-refractivity contribution is -0.130. The summed E-state index contributed by atoms with van der Waals surface area (Å²) in [6.07, 6.45) is 6.13. The fourth-order valence-electron chi connectivity index (χ4n) is 4.77. The van der Waals surface area contributed by atoms with Gasteiger partial charge in [0.1, 0.15) is 5.03 Å². The number of carbonyl (C=O) groups excluding carboxylic acids is 2. The molecule has 0 spiro atoms. The van der Waals surface area contributed by atoms with Crippen molar-refractivity contribution in [2.45, 2.75) is 30.5 Å². The third-order valence-corrected chi connectivity index (χ3v) is 9.80. The molecule has 0 radical (unpaired) electrons. The summed E-state index contributed by atoms with van der Waals surface area (Å²) in [6.45, 7) is 1.41. The third kappa shape index (κ3) is 4.93. The van der Waals surface area contributed by atoms with Crippen LogP contribution >= 0.6 is 11.3 Å². The summed E-state index contributed by atoms with van der Waals surface area (Å²) in [5.41, 5.74) is 2.17. The Labute approximate surface area is 225 Å². The second-order valence-electron chi connectivity index (χ2n) is 9.70. The lowest BCUT2D eigenvalue weighted by Gasteiger charge is -2.40. The summed E-state index contributed by atoms with van der Waals surface area (Å²) < 4.78 is 28.6. The van der Waals surface area contributed by atoms with Crippen LogP contribution in [0.3, 0.4) is 0 Å². The van der Waals surface area contributed by atoms with E-state index in [2.05, 4.69) is 15.9 Å². The van der Waals surface area contributed by atoms with E-state index in [0.717, 1.165) is 10.6 Å². The van der Waals surface area contributed by atoms with E-state index in [4.69, 9.17) is 12.3 Å². The van der Waals surface area contributed by atoms with E-state index in [1.807, 2.05) is 0 Å². The Kier molecular flexibility index (Phi) is 7.01. The van der Waals surface area contributed by atoms with E-state index >= 15 is 0 Å². The number of piperazine rings is 1. The molecule has 1 saturated heterocycles. The maximum atomic E-state index is 13.6. The van der Waals surface area contributed by atoms with Crippen molar-refractivity contribution in [2.75, 3.05) is 40.3 Å². The number of aromatic nitrogens is 2. The summed E-state index contributed by atoms with van der Waals surface area (Å²) in [5, 5.41) is 2.76. The highest BCUT2D eigenvalue weighted by atomic mass is 32.2. The van der Waals surface area contributed by atoms with Crippen molar-refractivity contribution < 1.29 is 18.0 Å².